The van der Waals surface area contributed by atoms with E-state index < -0.39 is 10.5 Å². The lowest BCUT2D eigenvalue weighted by molar-refractivity contribution is -0.143. The standard InChI is InChI=1S/C10H9Br3O2/c1-6(2)9(14)15-10(13)4-7(11)3-8(12)5-10/h3-4H,1,5H2,2H3. The number of allylic oxidation sites excluding steroid dienone is 2. The molecule has 1 aliphatic carbocycles. The third kappa shape index (κ3) is 3.89. The molecule has 0 aromatic rings. The Labute approximate surface area is 114 Å². The van der Waals surface area contributed by atoms with Crippen molar-refractivity contribution in [1.82, 2.24) is 0 Å². The predicted octanol–water partition coefficient (Wildman–Crippen LogP) is 4.16. The zero-order valence-corrected chi connectivity index (χ0v) is 12.8. The van der Waals surface area contributed by atoms with Crippen molar-refractivity contribution < 1.29 is 9.53 Å². The number of carbonyl (C=O) groups is 1. The Kier molecular flexibility index (Phi) is 4.38. The van der Waals surface area contributed by atoms with E-state index in [9.17, 15) is 4.79 Å². The van der Waals surface area contributed by atoms with Gasteiger partial charge in [0.05, 0.1) is 0 Å². The van der Waals surface area contributed by atoms with Gasteiger partial charge in [-0.25, -0.2) is 4.79 Å². The SMILES string of the molecule is C=C(C)C(=O)OC1(Br)C=C(Br)C=C(Br)C1. The van der Waals surface area contributed by atoms with Crippen LogP contribution in [0.15, 0.2) is 33.3 Å². The van der Waals surface area contributed by atoms with E-state index in [2.05, 4.69) is 54.4 Å². The molecule has 0 N–H and O–H groups in total. The van der Waals surface area contributed by atoms with E-state index in [0.29, 0.717) is 12.0 Å². The summed E-state index contributed by atoms with van der Waals surface area (Å²) in [5.74, 6) is -0.411. The van der Waals surface area contributed by atoms with Crippen molar-refractivity contribution in [2.24, 2.45) is 0 Å². The van der Waals surface area contributed by atoms with Gasteiger partial charge in [-0.3, -0.25) is 0 Å². The van der Waals surface area contributed by atoms with Crippen LogP contribution in [0.1, 0.15) is 13.3 Å². The third-order valence-electron chi connectivity index (χ3n) is 1.67. The van der Waals surface area contributed by atoms with Gasteiger partial charge in [-0.1, -0.05) is 38.4 Å². The minimum absolute atomic E-state index is 0.379. The number of rotatable bonds is 2. The van der Waals surface area contributed by atoms with Crippen LogP contribution in [0.3, 0.4) is 0 Å². The lowest BCUT2D eigenvalue weighted by Gasteiger charge is -2.27. The van der Waals surface area contributed by atoms with E-state index in [-0.39, 0.29) is 0 Å². The molecule has 0 heterocycles. The van der Waals surface area contributed by atoms with Gasteiger partial charge in [-0.15, -0.1) is 0 Å². The summed E-state index contributed by atoms with van der Waals surface area (Å²) in [4.78, 5) is 11.4. The molecule has 1 atom stereocenters. The van der Waals surface area contributed by atoms with Gasteiger partial charge in [-0.05, 0) is 35.0 Å². The number of hydrogen-bond acceptors (Lipinski definition) is 2. The molecular weight excluding hydrogens is 392 g/mol. The third-order valence-corrected chi connectivity index (χ3v) is 3.31. The van der Waals surface area contributed by atoms with Gasteiger partial charge >= 0.3 is 5.97 Å². The lowest BCUT2D eigenvalue weighted by Crippen LogP contribution is -2.28. The van der Waals surface area contributed by atoms with E-state index in [1.807, 2.05) is 6.08 Å². The fourth-order valence-electron chi connectivity index (χ4n) is 1.04. The summed E-state index contributed by atoms with van der Waals surface area (Å²) in [6.07, 6.45) is 4.26. The Morgan fingerprint density at radius 3 is 2.67 bits per heavy atom. The Morgan fingerprint density at radius 1 is 1.60 bits per heavy atom. The molecule has 0 fully saturated rings. The first kappa shape index (κ1) is 13.2. The quantitative estimate of drug-likeness (QED) is 0.395. The average Bonchev–Trinajstić information content (AvgIpc) is 1.99. The summed E-state index contributed by atoms with van der Waals surface area (Å²) < 4.78 is 6.29. The minimum atomic E-state index is -0.796. The van der Waals surface area contributed by atoms with E-state index in [0.717, 1.165) is 8.96 Å². The first-order valence-electron chi connectivity index (χ1n) is 4.14. The smallest absolute Gasteiger partial charge is 0.334 e. The second-order valence-corrected chi connectivity index (χ2v) is 6.53. The molecule has 0 saturated heterocycles. The first-order valence-corrected chi connectivity index (χ1v) is 6.52. The molecule has 1 rings (SSSR count). The van der Waals surface area contributed by atoms with Crippen molar-refractivity contribution in [3.8, 4) is 0 Å². The number of ether oxygens (including phenoxy) is 1. The highest BCUT2D eigenvalue weighted by Crippen LogP contribution is 2.39. The summed E-state index contributed by atoms with van der Waals surface area (Å²) in [7, 11) is 0. The Balaban J connectivity index is 2.82. The van der Waals surface area contributed by atoms with Gasteiger partial charge in [0.15, 0.2) is 4.51 Å². The Morgan fingerprint density at radius 2 is 2.20 bits per heavy atom. The highest BCUT2D eigenvalue weighted by Gasteiger charge is 2.32. The maximum Gasteiger partial charge on any atom is 0.334 e. The van der Waals surface area contributed by atoms with E-state index in [1.165, 1.54) is 0 Å². The molecule has 82 valence electrons. The van der Waals surface area contributed by atoms with Crippen LogP contribution in [0.5, 0.6) is 0 Å². The van der Waals surface area contributed by atoms with E-state index in [4.69, 9.17) is 4.74 Å². The second kappa shape index (κ2) is 4.97. The van der Waals surface area contributed by atoms with Gasteiger partial charge in [0.25, 0.3) is 0 Å². The van der Waals surface area contributed by atoms with Crippen LogP contribution in [0.4, 0.5) is 0 Å². The van der Waals surface area contributed by atoms with Crippen molar-refractivity contribution in [3.63, 3.8) is 0 Å². The van der Waals surface area contributed by atoms with Crippen molar-refractivity contribution >= 4 is 53.8 Å². The fourth-order valence-corrected chi connectivity index (χ4v) is 4.03. The highest BCUT2D eigenvalue weighted by molar-refractivity contribution is 9.12. The Bertz CT molecular complexity index is 371. The summed E-state index contributed by atoms with van der Waals surface area (Å²) in [5, 5.41) is 0. The summed E-state index contributed by atoms with van der Waals surface area (Å²) in [5.41, 5.74) is 0.379. The zero-order chi connectivity index (χ0) is 11.6. The van der Waals surface area contributed by atoms with Gasteiger partial charge in [0.2, 0.25) is 0 Å². The monoisotopic (exact) mass is 398 g/mol. The predicted molar refractivity (Wildman–Crippen MR) is 71.2 cm³/mol. The minimum Gasteiger partial charge on any atom is -0.440 e. The molecule has 0 amide bonds. The Hall–Kier alpha value is 0.130. The largest absolute Gasteiger partial charge is 0.440 e. The molecule has 0 aromatic carbocycles. The van der Waals surface area contributed by atoms with Gasteiger partial charge in [-0.2, -0.15) is 0 Å². The molecule has 0 saturated carbocycles. The number of alkyl halides is 1. The lowest BCUT2D eigenvalue weighted by atomic mass is 10.1. The second-order valence-electron chi connectivity index (χ2n) is 3.25. The first-order chi connectivity index (χ1) is 6.82. The van der Waals surface area contributed by atoms with Gasteiger partial charge < -0.3 is 4.74 Å². The van der Waals surface area contributed by atoms with Crippen LogP contribution in [0, 0.1) is 0 Å². The molecule has 15 heavy (non-hydrogen) atoms. The number of hydrogen-bond donors (Lipinski definition) is 0. The van der Waals surface area contributed by atoms with Crippen LogP contribution < -0.4 is 0 Å². The molecule has 0 spiro atoms. The van der Waals surface area contributed by atoms with Crippen molar-refractivity contribution in [3.05, 3.63) is 33.3 Å². The molecule has 1 unspecified atom stereocenters. The zero-order valence-electron chi connectivity index (χ0n) is 8.02. The fraction of sp³-hybridized carbons (Fsp3) is 0.300. The van der Waals surface area contributed by atoms with Gasteiger partial charge in [0, 0.05) is 21.0 Å². The molecule has 0 radical (unpaired) electrons. The van der Waals surface area contributed by atoms with E-state index >= 15 is 0 Å². The van der Waals surface area contributed by atoms with Crippen molar-refractivity contribution in [2.45, 2.75) is 17.9 Å². The van der Waals surface area contributed by atoms with Gasteiger partial charge in [0.1, 0.15) is 0 Å². The molecule has 5 heteroatoms. The number of halogens is 3. The topological polar surface area (TPSA) is 26.3 Å². The van der Waals surface area contributed by atoms with Crippen molar-refractivity contribution in [1.29, 1.82) is 0 Å². The van der Waals surface area contributed by atoms with Crippen LogP contribution in [-0.4, -0.2) is 10.5 Å². The number of esters is 1. The number of carbonyl (C=O) groups excluding carboxylic acids is 1. The molecule has 1 aliphatic rings. The van der Waals surface area contributed by atoms with E-state index in [1.54, 1.807) is 13.0 Å². The maximum absolute atomic E-state index is 11.4. The van der Waals surface area contributed by atoms with Crippen LogP contribution in [0.2, 0.25) is 0 Å². The molecule has 0 aromatic heterocycles. The van der Waals surface area contributed by atoms with Crippen LogP contribution >= 0.6 is 47.8 Å². The molecular formula is C10H9Br3O2. The van der Waals surface area contributed by atoms with Crippen molar-refractivity contribution in [2.75, 3.05) is 0 Å². The van der Waals surface area contributed by atoms with Crippen LogP contribution in [0.25, 0.3) is 0 Å². The molecule has 2 nitrogen and oxygen atoms in total. The molecule has 0 bridgehead atoms. The molecule has 0 aliphatic heterocycles. The van der Waals surface area contributed by atoms with Crippen LogP contribution in [-0.2, 0) is 9.53 Å². The normalized spacial score (nSPS) is 25.3. The summed E-state index contributed by atoms with van der Waals surface area (Å²) in [6.45, 7) is 5.15. The summed E-state index contributed by atoms with van der Waals surface area (Å²) in [6, 6.07) is 0. The maximum atomic E-state index is 11.4. The highest BCUT2D eigenvalue weighted by atomic mass is 79.9. The average molecular weight is 401 g/mol. The summed E-state index contributed by atoms with van der Waals surface area (Å²) >= 11 is 10.1.